The van der Waals surface area contributed by atoms with Gasteiger partial charge in [-0.3, -0.25) is 4.79 Å². The van der Waals surface area contributed by atoms with Crippen LogP contribution in [-0.2, 0) is 14.3 Å². The van der Waals surface area contributed by atoms with E-state index in [0.29, 0.717) is 13.0 Å². The summed E-state index contributed by atoms with van der Waals surface area (Å²) in [6.45, 7) is 6.17. The van der Waals surface area contributed by atoms with Crippen LogP contribution in [0.15, 0.2) is 0 Å². The molecule has 110 valence electrons. The van der Waals surface area contributed by atoms with Gasteiger partial charge in [0.2, 0.25) is 0 Å². The number of nitrogens with one attached hydrogen (secondary N) is 1. The number of ether oxygens (including phenoxy) is 2. The number of piperidine rings is 1. The summed E-state index contributed by atoms with van der Waals surface area (Å²) in [5.41, 5.74) is -0.514. The van der Waals surface area contributed by atoms with E-state index < -0.39 is 5.60 Å². The molecule has 0 aromatic heterocycles. The van der Waals surface area contributed by atoms with Gasteiger partial charge in [-0.05, 0) is 40.2 Å². The summed E-state index contributed by atoms with van der Waals surface area (Å²) in [7, 11) is 3.07. The maximum absolute atomic E-state index is 12.0. The molecule has 0 aromatic carbocycles. The second kappa shape index (κ2) is 6.23. The van der Waals surface area contributed by atoms with E-state index in [1.807, 2.05) is 20.8 Å². The summed E-state index contributed by atoms with van der Waals surface area (Å²) >= 11 is 0. The molecule has 2 atom stereocenters. The molecule has 1 aliphatic heterocycles. The lowest BCUT2D eigenvalue weighted by Crippen LogP contribution is -2.52. The standard InChI is InChI=1S/C13H24N2O4/c1-13(2,3)19-12(17)15(4)9-6-7-14-10(8-9)11(16)18-5/h9-10,14H,6-8H2,1-5H3/t9-,10+/m1/s1. The summed E-state index contributed by atoms with van der Waals surface area (Å²) in [6, 6.07) is -0.367. The van der Waals surface area contributed by atoms with Gasteiger partial charge in [-0.25, -0.2) is 4.79 Å². The van der Waals surface area contributed by atoms with Crippen molar-refractivity contribution in [2.75, 3.05) is 20.7 Å². The second-order valence-electron chi connectivity index (χ2n) is 5.80. The van der Waals surface area contributed by atoms with Crippen LogP contribution in [0.5, 0.6) is 0 Å². The van der Waals surface area contributed by atoms with Crippen molar-refractivity contribution in [3.63, 3.8) is 0 Å². The minimum atomic E-state index is -0.514. The van der Waals surface area contributed by atoms with Crippen LogP contribution in [0.4, 0.5) is 4.79 Å². The quantitative estimate of drug-likeness (QED) is 0.764. The molecule has 1 aliphatic rings. The summed E-state index contributed by atoms with van der Waals surface area (Å²) in [4.78, 5) is 25.1. The Morgan fingerprint density at radius 3 is 2.47 bits per heavy atom. The molecule has 0 bridgehead atoms. The van der Waals surface area contributed by atoms with Crippen molar-refractivity contribution < 1.29 is 19.1 Å². The summed E-state index contributed by atoms with van der Waals surface area (Å²) in [5, 5.41) is 3.09. The molecule has 6 heteroatoms. The van der Waals surface area contributed by atoms with E-state index in [2.05, 4.69) is 5.32 Å². The zero-order valence-electron chi connectivity index (χ0n) is 12.4. The molecule has 0 aliphatic carbocycles. The number of hydrogen-bond acceptors (Lipinski definition) is 5. The Balaban J connectivity index is 2.59. The number of rotatable bonds is 2. The molecule has 0 unspecified atom stereocenters. The number of nitrogens with zero attached hydrogens (tertiary/aromatic N) is 1. The Kier molecular flexibility index (Phi) is 5.17. The average Bonchev–Trinajstić information content (AvgIpc) is 2.35. The molecule has 19 heavy (non-hydrogen) atoms. The first-order valence-electron chi connectivity index (χ1n) is 6.51. The number of carbonyl (C=O) groups is 2. The molecule has 0 spiro atoms. The monoisotopic (exact) mass is 272 g/mol. The number of hydrogen-bond donors (Lipinski definition) is 1. The SMILES string of the molecule is COC(=O)[C@@H]1C[C@H](N(C)C(=O)OC(C)(C)C)CCN1. The highest BCUT2D eigenvalue weighted by atomic mass is 16.6. The van der Waals surface area contributed by atoms with Crippen LogP contribution in [0.25, 0.3) is 0 Å². The van der Waals surface area contributed by atoms with E-state index in [1.165, 1.54) is 7.11 Å². The highest BCUT2D eigenvalue weighted by Gasteiger charge is 2.32. The maximum atomic E-state index is 12.0. The molecule has 1 N–H and O–H groups in total. The van der Waals surface area contributed by atoms with Gasteiger partial charge in [0.15, 0.2) is 0 Å². The number of amides is 1. The van der Waals surface area contributed by atoms with Gasteiger partial charge in [-0.1, -0.05) is 0 Å². The number of carbonyl (C=O) groups excluding carboxylic acids is 2. The van der Waals surface area contributed by atoms with Crippen molar-refractivity contribution in [1.82, 2.24) is 10.2 Å². The Labute approximate surface area is 114 Å². The molecule has 1 fully saturated rings. The van der Waals surface area contributed by atoms with Crippen molar-refractivity contribution in [3.05, 3.63) is 0 Å². The van der Waals surface area contributed by atoms with Crippen LogP contribution in [0, 0.1) is 0 Å². The Hall–Kier alpha value is -1.30. The molecule has 1 amide bonds. The van der Waals surface area contributed by atoms with E-state index in [-0.39, 0.29) is 24.1 Å². The molecular formula is C13H24N2O4. The van der Waals surface area contributed by atoms with E-state index in [9.17, 15) is 9.59 Å². The fourth-order valence-corrected chi connectivity index (χ4v) is 2.05. The first kappa shape index (κ1) is 15.8. The molecule has 0 aromatic rings. The molecule has 1 heterocycles. The third-order valence-corrected chi connectivity index (χ3v) is 3.09. The summed E-state index contributed by atoms with van der Waals surface area (Å²) < 4.78 is 10.0. The minimum absolute atomic E-state index is 0.0137. The van der Waals surface area contributed by atoms with E-state index in [4.69, 9.17) is 9.47 Å². The smallest absolute Gasteiger partial charge is 0.410 e. The first-order chi connectivity index (χ1) is 8.74. The Morgan fingerprint density at radius 2 is 1.95 bits per heavy atom. The lowest BCUT2D eigenvalue weighted by Gasteiger charge is -2.35. The van der Waals surface area contributed by atoms with Crippen LogP contribution in [-0.4, -0.2) is 55.3 Å². The van der Waals surface area contributed by atoms with Crippen LogP contribution in [0.1, 0.15) is 33.6 Å². The predicted octanol–water partition coefficient (Wildman–Crippen LogP) is 1.15. The fourth-order valence-electron chi connectivity index (χ4n) is 2.05. The van der Waals surface area contributed by atoms with Gasteiger partial charge in [0.25, 0.3) is 0 Å². The van der Waals surface area contributed by atoms with Crippen LogP contribution in [0.3, 0.4) is 0 Å². The van der Waals surface area contributed by atoms with Crippen molar-refractivity contribution in [3.8, 4) is 0 Å². The van der Waals surface area contributed by atoms with E-state index in [0.717, 1.165) is 6.42 Å². The topological polar surface area (TPSA) is 67.9 Å². The molecule has 6 nitrogen and oxygen atoms in total. The maximum Gasteiger partial charge on any atom is 0.410 e. The van der Waals surface area contributed by atoms with Gasteiger partial charge in [0.05, 0.1) is 7.11 Å². The average molecular weight is 272 g/mol. The van der Waals surface area contributed by atoms with Crippen molar-refractivity contribution >= 4 is 12.1 Å². The van der Waals surface area contributed by atoms with Gasteiger partial charge in [0, 0.05) is 13.1 Å². The highest BCUT2D eigenvalue weighted by Crippen LogP contribution is 2.18. The van der Waals surface area contributed by atoms with Crippen molar-refractivity contribution in [2.45, 2.75) is 51.3 Å². The molecule has 1 rings (SSSR count). The first-order valence-corrected chi connectivity index (χ1v) is 6.51. The van der Waals surface area contributed by atoms with Gasteiger partial charge >= 0.3 is 12.1 Å². The van der Waals surface area contributed by atoms with Gasteiger partial charge in [-0.2, -0.15) is 0 Å². The van der Waals surface area contributed by atoms with E-state index in [1.54, 1.807) is 11.9 Å². The minimum Gasteiger partial charge on any atom is -0.468 e. The van der Waals surface area contributed by atoms with Crippen molar-refractivity contribution in [1.29, 1.82) is 0 Å². The van der Waals surface area contributed by atoms with Crippen LogP contribution in [0.2, 0.25) is 0 Å². The van der Waals surface area contributed by atoms with Gasteiger partial charge < -0.3 is 19.7 Å². The second-order valence-corrected chi connectivity index (χ2v) is 5.80. The summed E-state index contributed by atoms with van der Waals surface area (Å²) in [6.07, 6.45) is 0.981. The third kappa shape index (κ3) is 4.70. The highest BCUT2D eigenvalue weighted by molar-refractivity contribution is 5.76. The third-order valence-electron chi connectivity index (χ3n) is 3.09. The Morgan fingerprint density at radius 1 is 1.32 bits per heavy atom. The Bertz CT molecular complexity index is 338. The van der Waals surface area contributed by atoms with Crippen LogP contribution >= 0.6 is 0 Å². The van der Waals surface area contributed by atoms with E-state index >= 15 is 0 Å². The molecule has 0 radical (unpaired) electrons. The number of methoxy groups -OCH3 is 1. The lowest BCUT2D eigenvalue weighted by molar-refractivity contribution is -0.144. The summed E-state index contributed by atoms with van der Waals surface area (Å²) in [5.74, 6) is -0.290. The largest absolute Gasteiger partial charge is 0.468 e. The predicted molar refractivity (Wildman–Crippen MR) is 70.8 cm³/mol. The lowest BCUT2D eigenvalue weighted by atomic mass is 9.98. The van der Waals surface area contributed by atoms with Gasteiger partial charge in [0.1, 0.15) is 11.6 Å². The zero-order valence-corrected chi connectivity index (χ0v) is 12.4. The number of esters is 1. The van der Waals surface area contributed by atoms with Crippen LogP contribution < -0.4 is 5.32 Å². The zero-order chi connectivity index (χ0) is 14.6. The molecule has 0 saturated carbocycles. The molecular weight excluding hydrogens is 248 g/mol. The van der Waals surface area contributed by atoms with Gasteiger partial charge in [-0.15, -0.1) is 0 Å². The fraction of sp³-hybridized carbons (Fsp3) is 0.846. The van der Waals surface area contributed by atoms with Crippen molar-refractivity contribution in [2.24, 2.45) is 0 Å². The molecule has 1 saturated heterocycles. The normalized spacial score (nSPS) is 23.6.